The predicted octanol–water partition coefficient (Wildman–Crippen LogP) is 3.41. The zero-order chi connectivity index (χ0) is 16.3. The highest BCUT2D eigenvalue weighted by Crippen LogP contribution is 2.26. The van der Waals surface area contributed by atoms with Gasteiger partial charge in [-0.2, -0.15) is 0 Å². The third kappa shape index (κ3) is 5.09. The highest BCUT2D eigenvalue weighted by molar-refractivity contribution is 7.92. The monoisotopic (exact) mass is 326 g/mol. The van der Waals surface area contributed by atoms with Crippen molar-refractivity contribution in [1.29, 1.82) is 0 Å². The Morgan fingerprint density at radius 3 is 2.19 bits per heavy atom. The molecule has 1 N–H and O–H groups in total. The molecule has 0 spiro atoms. The second-order valence-electron chi connectivity index (χ2n) is 6.72. The number of hydrogen-bond acceptors (Lipinski definition) is 3. The molecule has 0 fully saturated rings. The van der Waals surface area contributed by atoms with E-state index < -0.39 is 29.3 Å². The molecule has 2 unspecified atom stereocenters. The first-order valence-electron chi connectivity index (χ1n) is 7.19. The van der Waals surface area contributed by atoms with Gasteiger partial charge >= 0.3 is 0 Å². The van der Waals surface area contributed by atoms with Gasteiger partial charge in [0, 0.05) is 8.07 Å². The van der Waals surface area contributed by atoms with Crippen molar-refractivity contribution in [2.24, 2.45) is 0 Å². The lowest BCUT2D eigenvalue weighted by molar-refractivity contribution is 0.214. The number of hydrogen-bond donors (Lipinski definition) is 1. The summed E-state index contributed by atoms with van der Waals surface area (Å²) in [7, 11) is -4.93. The van der Waals surface area contributed by atoms with Gasteiger partial charge in [-0.1, -0.05) is 49.5 Å². The number of aliphatic hydroxyl groups excluding tert-OH is 1. The maximum atomic E-state index is 12.8. The van der Waals surface area contributed by atoms with Crippen LogP contribution in [0.4, 0.5) is 0 Å². The van der Waals surface area contributed by atoms with Crippen LogP contribution in [0, 0.1) is 6.92 Å². The summed E-state index contributed by atoms with van der Waals surface area (Å²) < 4.78 is 25.5. The van der Waals surface area contributed by atoms with Crippen LogP contribution in [0.25, 0.3) is 0 Å². The van der Waals surface area contributed by atoms with Crippen molar-refractivity contribution >= 4 is 17.9 Å². The number of aliphatic hydroxyl groups is 1. The summed E-state index contributed by atoms with van der Waals surface area (Å²) in [6.07, 6.45) is 0.757. The summed E-state index contributed by atoms with van der Waals surface area (Å²) in [6.45, 7) is 12.1. The molecule has 1 aromatic carbocycles. The average molecular weight is 327 g/mol. The molecule has 0 saturated heterocycles. The topological polar surface area (TPSA) is 54.4 Å². The van der Waals surface area contributed by atoms with Crippen LogP contribution in [-0.4, -0.2) is 33.0 Å². The third-order valence-electron chi connectivity index (χ3n) is 3.55. The van der Waals surface area contributed by atoms with Crippen molar-refractivity contribution in [2.75, 3.05) is 0 Å². The van der Waals surface area contributed by atoms with Crippen LogP contribution in [0.15, 0.2) is 41.8 Å². The summed E-state index contributed by atoms with van der Waals surface area (Å²) in [6, 6.07) is 7.64. The van der Waals surface area contributed by atoms with Gasteiger partial charge in [0.25, 0.3) is 0 Å². The fourth-order valence-corrected chi connectivity index (χ4v) is 5.30. The van der Waals surface area contributed by atoms with E-state index in [2.05, 4.69) is 26.2 Å². The number of rotatable bonds is 7. The standard InChI is InChI=1S/C16H26O3SSi/c1-6-15(17)16(11-12-21(3,4)5)20(18,19)14-9-7-13(2)8-10-14/h6-10,15-17H,1,11-12H2,2-5H3. The van der Waals surface area contributed by atoms with Crippen LogP contribution in [0.3, 0.4) is 0 Å². The van der Waals surface area contributed by atoms with Crippen molar-refractivity contribution < 1.29 is 13.5 Å². The molecule has 5 heteroatoms. The zero-order valence-corrected chi connectivity index (χ0v) is 15.2. The van der Waals surface area contributed by atoms with E-state index in [1.165, 1.54) is 6.08 Å². The maximum absolute atomic E-state index is 12.8. The van der Waals surface area contributed by atoms with E-state index in [1.54, 1.807) is 24.3 Å². The summed E-state index contributed by atoms with van der Waals surface area (Å²) >= 11 is 0. The molecule has 3 nitrogen and oxygen atoms in total. The largest absolute Gasteiger partial charge is 0.388 e. The molecule has 2 atom stereocenters. The molecule has 1 rings (SSSR count). The van der Waals surface area contributed by atoms with E-state index in [9.17, 15) is 13.5 Å². The van der Waals surface area contributed by atoms with Crippen molar-refractivity contribution in [3.63, 3.8) is 0 Å². The normalized spacial score (nSPS) is 15.5. The van der Waals surface area contributed by atoms with Crippen molar-refractivity contribution in [2.45, 2.75) is 55.3 Å². The Bertz CT molecular complexity index is 571. The maximum Gasteiger partial charge on any atom is 0.184 e. The second-order valence-corrected chi connectivity index (χ2v) is 14.5. The van der Waals surface area contributed by atoms with Crippen molar-refractivity contribution in [1.82, 2.24) is 0 Å². The average Bonchev–Trinajstić information content (AvgIpc) is 2.37. The predicted molar refractivity (Wildman–Crippen MR) is 91.1 cm³/mol. The van der Waals surface area contributed by atoms with Crippen molar-refractivity contribution in [3.05, 3.63) is 42.5 Å². The van der Waals surface area contributed by atoms with Crippen LogP contribution in [0.1, 0.15) is 12.0 Å². The van der Waals surface area contributed by atoms with Crippen LogP contribution in [-0.2, 0) is 9.84 Å². The lowest BCUT2D eigenvalue weighted by Crippen LogP contribution is -2.35. The first-order chi connectivity index (χ1) is 9.58. The Labute approximate surface area is 129 Å². The minimum atomic E-state index is -3.55. The Morgan fingerprint density at radius 2 is 1.76 bits per heavy atom. The molecule has 118 valence electrons. The van der Waals surface area contributed by atoms with E-state index in [1.807, 2.05) is 6.92 Å². The first kappa shape index (κ1) is 18.1. The minimum Gasteiger partial charge on any atom is -0.388 e. The quantitative estimate of drug-likeness (QED) is 0.617. The second kappa shape index (κ2) is 6.90. The Morgan fingerprint density at radius 1 is 1.24 bits per heavy atom. The van der Waals surface area contributed by atoms with Gasteiger partial charge in [0.2, 0.25) is 0 Å². The van der Waals surface area contributed by atoms with Crippen LogP contribution in [0.5, 0.6) is 0 Å². The molecule has 0 aliphatic rings. The first-order valence-corrected chi connectivity index (χ1v) is 12.4. The fourth-order valence-electron chi connectivity index (χ4n) is 2.14. The van der Waals surface area contributed by atoms with Crippen LogP contribution in [0.2, 0.25) is 25.7 Å². The molecule has 0 amide bonds. The number of sulfone groups is 1. The Hall–Kier alpha value is -0.913. The van der Waals surface area contributed by atoms with Gasteiger partial charge in [-0.15, -0.1) is 6.58 Å². The molecule has 1 aromatic rings. The van der Waals surface area contributed by atoms with Crippen LogP contribution >= 0.6 is 0 Å². The van der Waals surface area contributed by atoms with Gasteiger partial charge in [0.05, 0.1) is 16.2 Å². The van der Waals surface area contributed by atoms with E-state index in [4.69, 9.17) is 0 Å². The van der Waals surface area contributed by atoms with Crippen LogP contribution < -0.4 is 0 Å². The molecule has 21 heavy (non-hydrogen) atoms. The summed E-state index contributed by atoms with van der Waals surface area (Å²) in [5, 5.41) is 9.27. The lowest BCUT2D eigenvalue weighted by Gasteiger charge is -2.24. The third-order valence-corrected chi connectivity index (χ3v) is 7.58. The van der Waals surface area contributed by atoms with Crippen molar-refractivity contribution in [3.8, 4) is 0 Å². The molecule has 0 heterocycles. The molecule has 0 aliphatic heterocycles. The van der Waals surface area contributed by atoms with Gasteiger partial charge in [0.1, 0.15) is 0 Å². The van der Waals surface area contributed by atoms with Gasteiger partial charge in [0.15, 0.2) is 9.84 Å². The highest BCUT2D eigenvalue weighted by atomic mass is 32.2. The van der Waals surface area contributed by atoms with E-state index in [0.717, 1.165) is 11.6 Å². The summed E-state index contributed by atoms with van der Waals surface area (Å²) in [5.74, 6) is 0. The van der Waals surface area contributed by atoms with Gasteiger partial charge < -0.3 is 5.11 Å². The summed E-state index contributed by atoms with van der Waals surface area (Å²) in [4.78, 5) is 0.273. The zero-order valence-electron chi connectivity index (χ0n) is 13.3. The van der Waals surface area contributed by atoms with E-state index in [-0.39, 0.29) is 4.90 Å². The van der Waals surface area contributed by atoms with Gasteiger partial charge in [-0.05, 0) is 25.5 Å². The highest BCUT2D eigenvalue weighted by Gasteiger charge is 2.33. The molecule has 0 aromatic heterocycles. The minimum absolute atomic E-state index is 0.273. The Balaban J connectivity index is 3.11. The SMILES string of the molecule is C=CC(O)C(CC[Si](C)(C)C)S(=O)(=O)c1ccc(C)cc1. The molecule has 0 radical (unpaired) electrons. The van der Waals surface area contributed by atoms with E-state index in [0.29, 0.717) is 6.42 Å². The van der Waals surface area contributed by atoms with E-state index >= 15 is 0 Å². The smallest absolute Gasteiger partial charge is 0.184 e. The van der Waals surface area contributed by atoms with Gasteiger partial charge in [-0.3, -0.25) is 0 Å². The summed E-state index contributed by atoms with van der Waals surface area (Å²) in [5.41, 5.74) is 1.01. The molecular weight excluding hydrogens is 300 g/mol. The molecule has 0 aliphatic carbocycles. The van der Waals surface area contributed by atoms with Gasteiger partial charge in [-0.25, -0.2) is 8.42 Å². The number of benzene rings is 1. The fraction of sp³-hybridized carbons (Fsp3) is 0.500. The molecule has 0 saturated carbocycles. The lowest BCUT2D eigenvalue weighted by atomic mass is 10.2. The Kier molecular flexibility index (Phi) is 5.96. The number of aryl methyl sites for hydroxylation is 1. The molecular formula is C16H26O3SSi. The molecule has 0 bridgehead atoms.